The van der Waals surface area contributed by atoms with Crippen LogP contribution in [0.15, 0.2) is 29.7 Å². The first-order valence-electron chi connectivity index (χ1n) is 13.8. The normalized spacial score (nSPS) is 19.4. The third-order valence-electron chi connectivity index (χ3n) is 7.01. The Labute approximate surface area is 234 Å². The summed E-state index contributed by atoms with van der Waals surface area (Å²) in [6, 6.07) is 4.79. The Bertz CT molecular complexity index is 1090. The molecule has 2 atom stereocenters. The minimum absolute atomic E-state index is 0.0295. The molecule has 0 radical (unpaired) electrons. The highest BCUT2D eigenvalue weighted by atomic mass is 32.2. The number of thioether (sulfide) groups is 1. The highest BCUT2D eigenvalue weighted by molar-refractivity contribution is 8.03. The number of urea groups is 1. The lowest BCUT2D eigenvalue weighted by atomic mass is 10.1. The van der Waals surface area contributed by atoms with Crippen molar-refractivity contribution in [1.82, 2.24) is 20.0 Å². The van der Waals surface area contributed by atoms with Crippen molar-refractivity contribution >= 4 is 35.5 Å². The number of carbonyl (C=O) groups excluding carboxylic acids is 4. The quantitative estimate of drug-likeness (QED) is 0.348. The molecule has 10 nitrogen and oxygen atoms in total. The van der Waals surface area contributed by atoms with Gasteiger partial charge in [-0.2, -0.15) is 0 Å². The smallest absolute Gasteiger partial charge is 0.327 e. The zero-order chi connectivity index (χ0) is 27.8. The summed E-state index contributed by atoms with van der Waals surface area (Å²) in [7, 11) is 0. The average molecular weight is 559 g/mol. The Kier molecular flexibility index (Phi) is 10.1. The van der Waals surface area contributed by atoms with Crippen LogP contribution < -0.4 is 14.8 Å². The number of ether oxygens (including phenoxy) is 2. The number of imide groups is 1. The fraction of sp³-hybridized carbons (Fsp3) is 0.571. The fourth-order valence-corrected chi connectivity index (χ4v) is 6.06. The highest BCUT2D eigenvalue weighted by Gasteiger charge is 2.47. The molecule has 39 heavy (non-hydrogen) atoms. The van der Waals surface area contributed by atoms with E-state index in [0.29, 0.717) is 56.8 Å². The van der Waals surface area contributed by atoms with Gasteiger partial charge in [0.15, 0.2) is 11.5 Å². The number of benzene rings is 1. The van der Waals surface area contributed by atoms with Gasteiger partial charge in [0.25, 0.3) is 0 Å². The first-order chi connectivity index (χ1) is 18.9. The van der Waals surface area contributed by atoms with Gasteiger partial charge in [0.1, 0.15) is 11.8 Å². The maximum Gasteiger partial charge on any atom is 0.327 e. The Hall–Kier alpha value is -3.21. The topological polar surface area (TPSA) is 108 Å². The summed E-state index contributed by atoms with van der Waals surface area (Å²) in [5.74, 6) is 1.05. The van der Waals surface area contributed by atoms with Gasteiger partial charge in [-0.3, -0.25) is 19.3 Å². The number of rotatable bonds is 14. The maximum absolute atomic E-state index is 13.4. The van der Waals surface area contributed by atoms with Gasteiger partial charge in [-0.15, -0.1) is 11.8 Å². The monoisotopic (exact) mass is 558 g/mol. The number of fused-ring (bicyclic) bond motifs is 2. The van der Waals surface area contributed by atoms with E-state index < -0.39 is 17.3 Å². The van der Waals surface area contributed by atoms with E-state index in [-0.39, 0.29) is 37.6 Å². The summed E-state index contributed by atoms with van der Waals surface area (Å²) < 4.78 is 10.7. The van der Waals surface area contributed by atoms with Gasteiger partial charge in [0, 0.05) is 32.6 Å². The van der Waals surface area contributed by atoms with Crippen molar-refractivity contribution in [3.05, 3.63) is 35.2 Å². The second-order valence-electron chi connectivity index (χ2n) is 9.93. The van der Waals surface area contributed by atoms with Crippen molar-refractivity contribution < 1.29 is 28.7 Å². The van der Waals surface area contributed by atoms with Gasteiger partial charge < -0.3 is 24.6 Å². The molecule has 3 heterocycles. The van der Waals surface area contributed by atoms with E-state index in [1.807, 2.05) is 43.5 Å². The number of hydrogen-bond acceptors (Lipinski definition) is 7. The van der Waals surface area contributed by atoms with Crippen LogP contribution in [0.3, 0.4) is 0 Å². The van der Waals surface area contributed by atoms with Crippen molar-refractivity contribution in [2.24, 2.45) is 0 Å². The third-order valence-corrected chi connectivity index (χ3v) is 8.10. The van der Waals surface area contributed by atoms with Crippen LogP contribution in [0.2, 0.25) is 0 Å². The predicted octanol–water partition coefficient (Wildman–Crippen LogP) is 3.50. The molecule has 1 aromatic carbocycles. The maximum atomic E-state index is 13.4. The van der Waals surface area contributed by atoms with E-state index in [0.717, 1.165) is 18.4 Å². The van der Waals surface area contributed by atoms with E-state index in [1.54, 1.807) is 9.80 Å². The van der Waals surface area contributed by atoms with Crippen LogP contribution in [-0.2, 0) is 20.9 Å². The molecule has 4 rings (SSSR count). The number of amides is 5. The van der Waals surface area contributed by atoms with Crippen molar-refractivity contribution in [2.75, 3.05) is 33.0 Å². The van der Waals surface area contributed by atoms with Gasteiger partial charge in [-0.25, -0.2) is 4.79 Å². The van der Waals surface area contributed by atoms with Crippen LogP contribution in [0.4, 0.5) is 4.79 Å². The Morgan fingerprint density at radius 1 is 1.08 bits per heavy atom. The number of hydrogen-bond donors (Lipinski definition) is 1. The van der Waals surface area contributed by atoms with E-state index >= 15 is 0 Å². The molecule has 1 N–H and O–H groups in total. The molecule has 0 saturated carbocycles. The van der Waals surface area contributed by atoms with Crippen molar-refractivity contribution in [3.8, 4) is 11.5 Å². The van der Waals surface area contributed by atoms with Crippen LogP contribution >= 0.6 is 11.8 Å². The molecule has 212 valence electrons. The van der Waals surface area contributed by atoms with E-state index in [1.165, 1.54) is 16.7 Å². The van der Waals surface area contributed by atoms with Gasteiger partial charge in [-0.05, 0) is 48.8 Å². The van der Waals surface area contributed by atoms with Crippen LogP contribution in [0.5, 0.6) is 11.5 Å². The zero-order valence-corrected chi connectivity index (χ0v) is 23.5. The predicted molar refractivity (Wildman–Crippen MR) is 148 cm³/mol. The lowest BCUT2D eigenvalue weighted by molar-refractivity contribution is -0.136. The standard InChI is InChI=1S/C28H38N4O6S/c1-3-12-30(13-4-2)25(34)18-32-21-11-15-39-26(21)27(35)31(28(32)36)14-7-5-6-8-24(33)29-17-20-9-10-22-23(16-20)38-19-37-22/h9-11,15-16,21,26H,3-8,12-14,17-19H2,1-2H3,(H,29,33). The van der Waals surface area contributed by atoms with E-state index in [4.69, 9.17) is 9.47 Å². The van der Waals surface area contributed by atoms with Gasteiger partial charge in [0.2, 0.25) is 24.5 Å². The molecule has 3 aliphatic rings. The van der Waals surface area contributed by atoms with Crippen molar-refractivity contribution in [1.29, 1.82) is 0 Å². The van der Waals surface area contributed by atoms with Gasteiger partial charge >= 0.3 is 6.03 Å². The summed E-state index contributed by atoms with van der Waals surface area (Å²) in [6.07, 6.45) is 5.86. The third kappa shape index (κ3) is 7.06. The van der Waals surface area contributed by atoms with Crippen molar-refractivity contribution in [2.45, 2.75) is 70.2 Å². The molecule has 0 aliphatic carbocycles. The Morgan fingerprint density at radius 3 is 2.62 bits per heavy atom. The molecule has 11 heteroatoms. The number of nitrogens with one attached hydrogen (secondary N) is 1. The average Bonchev–Trinajstić information content (AvgIpc) is 3.61. The zero-order valence-electron chi connectivity index (χ0n) is 22.7. The molecular weight excluding hydrogens is 520 g/mol. The molecule has 0 bridgehead atoms. The first kappa shape index (κ1) is 28.8. The van der Waals surface area contributed by atoms with Gasteiger partial charge in [0.05, 0.1) is 6.04 Å². The fourth-order valence-electron chi connectivity index (χ4n) is 4.99. The van der Waals surface area contributed by atoms with Crippen LogP contribution in [0.25, 0.3) is 0 Å². The Morgan fingerprint density at radius 2 is 1.85 bits per heavy atom. The minimum atomic E-state index is -0.414. The summed E-state index contributed by atoms with van der Waals surface area (Å²) >= 11 is 1.40. The molecule has 2 unspecified atom stereocenters. The Balaban J connectivity index is 1.22. The molecule has 0 spiro atoms. The first-order valence-corrected chi connectivity index (χ1v) is 14.7. The number of nitrogens with zero attached hydrogens (tertiary/aromatic N) is 3. The summed E-state index contributed by atoms with van der Waals surface area (Å²) in [6.45, 7) is 6.22. The number of unbranched alkanes of at least 4 members (excludes halogenated alkanes) is 2. The summed E-state index contributed by atoms with van der Waals surface area (Å²) in [4.78, 5) is 56.4. The molecule has 1 saturated heterocycles. The molecule has 3 aliphatic heterocycles. The SMILES string of the molecule is CCCN(CCC)C(=O)CN1C(=O)N(CCCCCC(=O)NCc2ccc3c(c2)OCO3)C(=O)C2SC=CC21. The van der Waals surface area contributed by atoms with E-state index in [9.17, 15) is 19.2 Å². The molecule has 1 fully saturated rings. The summed E-state index contributed by atoms with van der Waals surface area (Å²) in [5, 5.41) is 4.35. The lowest BCUT2D eigenvalue weighted by Gasteiger charge is -2.41. The number of carbonyl (C=O) groups is 4. The molecule has 1 aromatic rings. The van der Waals surface area contributed by atoms with Crippen molar-refractivity contribution in [3.63, 3.8) is 0 Å². The second-order valence-corrected chi connectivity index (χ2v) is 11.0. The second kappa shape index (κ2) is 13.7. The summed E-state index contributed by atoms with van der Waals surface area (Å²) in [5.41, 5.74) is 0.933. The minimum Gasteiger partial charge on any atom is -0.454 e. The highest BCUT2D eigenvalue weighted by Crippen LogP contribution is 2.35. The van der Waals surface area contributed by atoms with Crippen LogP contribution in [0.1, 0.15) is 57.9 Å². The van der Waals surface area contributed by atoms with Crippen LogP contribution in [0, 0.1) is 0 Å². The molecule has 5 amide bonds. The lowest BCUT2D eigenvalue weighted by Crippen LogP contribution is -2.63. The van der Waals surface area contributed by atoms with E-state index in [2.05, 4.69) is 5.32 Å². The molecule has 0 aromatic heterocycles. The van der Waals surface area contributed by atoms with Crippen LogP contribution in [-0.4, -0.2) is 82.7 Å². The molecular formula is C28H38N4O6S. The van der Waals surface area contributed by atoms with Gasteiger partial charge in [-0.1, -0.05) is 32.4 Å². The largest absolute Gasteiger partial charge is 0.454 e.